The number of nitrogen functional groups attached to an aromatic ring is 1. The standard InChI is InChI=1S/C13H11F2NO/c1-8-4-11(2-3-13(8)15)17-12-6-9(14)5-10(16)7-12/h2-7H,16H2,1H3. The van der Waals surface area contributed by atoms with E-state index in [-0.39, 0.29) is 17.3 Å². The van der Waals surface area contributed by atoms with Gasteiger partial charge in [-0.25, -0.2) is 8.78 Å². The van der Waals surface area contributed by atoms with Crippen molar-refractivity contribution in [3.8, 4) is 11.5 Å². The fraction of sp³-hybridized carbons (Fsp3) is 0.0769. The summed E-state index contributed by atoms with van der Waals surface area (Å²) in [5.41, 5.74) is 6.23. The minimum Gasteiger partial charge on any atom is -0.457 e. The number of nitrogens with two attached hydrogens (primary N) is 1. The van der Waals surface area contributed by atoms with Gasteiger partial charge in [-0.1, -0.05) is 0 Å². The van der Waals surface area contributed by atoms with Crippen LogP contribution in [0.25, 0.3) is 0 Å². The second-order valence-corrected chi connectivity index (χ2v) is 3.73. The van der Waals surface area contributed by atoms with Crippen molar-refractivity contribution in [2.75, 3.05) is 5.73 Å². The van der Waals surface area contributed by atoms with E-state index in [9.17, 15) is 8.78 Å². The summed E-state index contributed by atoms with van der Waals surface area (Å²) < 4.78 is 31.5. The maximum atomic E-state index is 13.1. The molecule has 0 aliphatic heterocycles. The van der Waals surface area contributed by atoms with E-state index in [2.05, 4.69) is 0 Å². The molecule has 0 bridgehead atoms. The monoisotopic (exact) mass is 235 g/mol. The van der Waals surface area contributed by atoms with Crippen LogP contribution in [0.5, 0.6) is 11.5 Å². The molecule has 0 saturated carbocycles. The van der Waals surface area contributed by atoms with E-state index >= 15 is 0 Å². The molecule has 0 fully saturated rings. The van der Waals surface area contributed by atoms with Crippen LogP contribution < -0.4 is 10.5 Å². The van der Waals surface area contributed by atoms with Gasteiger partial charge in [0.05, 0.1) is 0 Å². The SMILES string of the molecule is Cc1cc(Oc2cc(N)cc(F)c2)ccc1F. The van der Waals surface area contributed by atoms with Gasteiger partial charge >= 0.3 is 0 Å². The molecule has 2 aromatic carbocycles. The maximum absolute atomic E-state index is 13.1. The normalized spacial score (nSPS) is 10.3. The van der Waals surface area contributed by atoms with E-state index in [1.807, 2.05) is 0 Å². The van der Waals surface area contributed by atoms with Crippen molar-refractivity contribution in [2.24, 2.45) is 0 Å². The van der Waals surface area contributed by atoms with Crippen molar-refractivity contribution in [3.63, 3.8) is 0 Å². The van der Waals surface area contributed by atoms with Gasteiger partial charge in [-0.2, -0.15) is 0 Å². The Hall–Kier alpha value is -2.10. The highest BCUT2D eigenvalue weighted by Gasteiger charge is 2.03. The zero-order valence-electron chi connectivity index (χ0n) is 9.21. The van der Waals surface area contributed by atoms with Gasteiger partial charge in [-0.15, -0.1) is 0 Å². The summed E-state index contributed by atoms with van der Waals surface area (Å²) in [6, 6.07) is 8.23. The van der Waals surface area contributed by atoms with E-state index in [1.165, 1.54) is 36.4 Å². The van der Waals surface area contributed by atoms with Crippen LogP contribution in [0, 0.1) is 18.6 Å². The minimum atomic E-state index is -0.473. The Kier molecular flexibility index (Phi) is 2.95. The molecule has 0 spiro atoms. The number of rotatable bonds is 2. The lowest BCUT2D eigenvalue weighted by molar-refractivity contribution is 0.474. The molecule has 88 valence electrons. The summed E-state index contributed by atoms with van der Waals surface area (Å²) in [6.45, 7) is 1.63. The molecule has 0 saturated heterocycles. The van der Waals surface area contributed by atoms with Gasteiger partial charge in [0.2, 0.25) is 0 Å². The molecule has 0 aliphatic rings. The number of anilines is 1. The Morgan fingerprint density at radius 1 is 1.00 bits per heavy atom. The first-order valence-corrected chi connectivity index (χ1v) is 5.04. The smallest absolute Gasteiger partial charge is 0.132 e. The van der Waals surface area contributed by atoms with Gasteiger partial charge in [0.1, 0.15) is 23.1 Å². The van der Waals surface area contributed by atoms with E-state index in [1.54, 1.807) is 6.92 Å². The second kappa shape index (κ2) is 4.41. The predicted molar refractivity (Wildman–Crippen MR) is 62.0 cm³/mol. The van der Waals surface area contributed by atoms with E-state index in [0.29, 0.717) is 11.3 Å². The van der Waals surface area contributed by atoms with Crippen molar-refractivity contribution in [3.05, 3.63) is 53.6 Å². The van der Waals surface area contributed by atoms with Gasteiger partial charge in [-0.05, 0) is 36.8 Å². The predicted octanol–water partition coefficient (Wildman–Crippen LogP) is 3.65. The molecule has 2 rings (SSSR count). The van der Waals surface area contributed by atoms with Crippen LogP contribution >= 0.6 is 0 Å². The number of benzene rings is 2. The third-order valence-corrected chi connectivity index (χ3v) is 2.26. The van der Waals surface area contributed by atoms with Crippen LogP contribution in [0.3, 0.4) is 0 Å². The van der Waals surface area contributed by atoms with Crippen LogP contribution in [0.4, 0.5) is 14.5 Å². The molecule has 17 heavy (non-hydrogen) atoms. The van der Waals surface area contributed by atoms with E-state index < -0.39 is 5.82 Å². The number of ether oxygens (including phenoxy) is 1. The Morgan fingerprint density at radius 3 is 2.41 bits per heavy atom. The average molecular weight is 235 g/mol. The van der Waals surface area contributed by atoms with Crippen molar-refractivity contribution in [1.82, 2.24) is 0 Å². The Balaban J connectivity index is 2.28. The second-order valence-electron chi connectivity index (χ2n) is 3.73. The van der Waals surface area contributed by atoms with Gasteiger partial charge < -0.3 is 10.5 Å². The highest BCUT2D eigenvalue weighted by Crippen LogP contribution is 2.25. The summed E-state index contributed by atoms with van der Waals surface area (Å²) in [6.07, 6.45) is 0. The van der Waals surface area contributed by atoms with Crippen LogP contribution in [0.1, 0.15) is 5.56 Å². The Labute approximate surface area is 97.6 Å². The molecular formula is C13H11F2NO. The number of halogens is 2. The molecule has 0 unspecified atom stereocenters. The fourth-order valence-electron chi connectivity index (χ4n) is 1.46. The Bertz CT molecular complexity index is 535. The molecule has 0 atom stereocenters. The molecule has 0 aromatic heterocycles. The van der Waals surface area contributed by atoms with Crippen LogP contribution in [0.15, 0.2) is 36.4 Å². The van der Waals surface area contributed by atoms with E-state index in [4.69, 9.17) is 10.5 Å². The molecule has 0 amide bonds. The third-order valence-electron chi connectivity index (χ3n) is 2.26. The van der Waals surface area contributed by atoms with Gasteiger partial charge in [0.15, 0.2) is 0 Å². The summed E-state index contributed by atoms with van der Waals surface area (Å²) in [7, 11) is 0. The third kappa shape index (κ3) is 2.72. The van der Waals surface area contributed by atoms with Crippen LogP contribution in [-0.2, 0) is 0 Å². The molecule has 0 radical (unpaired) electrons. The number of aryl methyl sites for hydroxylation is 1. The molecule has 0 aliphatic carbocycles. The highest BCUT2D eigenvalue weighted by atomic mass is 19.1. The molecule has 4 heteroatoms. The fourth-order valence-corrected chi connectivity index (χ4v) is 1.46. The first-order chi connectivity index (χ1) is 8.04. The summed E-state index contributed by atoms with van der Waals surface area (Å²) in [5.74, 6) is -0.0580. The lowest BCUT2D eigenvalue weighted by Gasteiger charge is -2.07. The molecule has 2 aromatic rings. The minimum absolute atomic E-state index is 0.277. The topological polar surface area (TPSA) is 35.2 Å². The maximum Gasteiger partial charge on any atom is 0.132 e. The zero-order chi connectivity index (χ0) is 12.4. The first-order valence-electron chi connectivity index (χ1n) is 5.04. The number of hydrogen-bond acceptors (Lipinski definition) is 2. The number of hydrogen-bond donors (Lipinski definition) is 1. The summed E-state index contributed by atoms with van der Waals surface area (Å²) in [5, 5.41) is 0. The van der Waals surface area contributed by atoms with Gasteiger partial charge in [0, 0.05) is 17.8 Å². The van der Waals surface area contributed by atoms with Crippen molar-refractivity contribution < 1.29 is 13.5 Å². The van der Waals surface area contributed by atoms with E-state index in [0.717, 1.165) is 0 Å². The zero-order valence-corrected chi connectivity index (χ0v) is 9.21. The van der Waals surface area contributed by atoms with Crippen LogP contribution in [-0.4, -0.2) is 0 Å². The Morgan fingerprint density at radius 2 is 1.76 bits per heavy atom. The van der Waals surface area contributed by atoms with Gasteiger partial charge in [0.25, 0.3) is 0 Å². The molecular weight excluding hydrogens is 224 g/mol. The van der Waals surface area contributed by atoms with Gasteiger partial charge in [-0.3, -0.25) is 0 Å². The quantitative estimate of drug-likeness (QED) is 0.806. The van der Waals surface area contributed by atoms with Crippen molar-refractivity contribution in [2.45, 2.75) is 6.92 Å². The van der Waals surface area contributed by atoms with Crippen molar-refractivity contribution in [1.29, 1.82) is 0 Å². The lowest BCUT2D eigenvalue weighted by Crippen LogP contribution is -1.91. The molecule has 2 nitrogen and oxygen atoms in total. The highest BCUT2D eigenvalue weighted by molar-refractivity contribution is 5.46. The molecule has 2 N–H and O–H groups in total. The van der Waals surface area contributed by atoms with Crippen molar-refractivity contribution >= 4 is 5.69 Å². The average Bonchev–Trinajstić information content (AvgIpc) is 2.22. The first kappa shape index (κ1) is 11.4. The molecule has 0 heterocycles. The lowest BCUT2D eigenvalue weighted by atomic mass is 10.2. The summed E-state index contributed by atoms with van der Waals surface area (Å²) >= 11 is 0. The largest absolute Gasteiger partial charge is 0.457 e. The van der Waals surface area contributed by atoms with Crippen LogP contribution in [0.2, 0.25) is 0 Å². The summed E-state index contributed by atoms with van der Waals surface area (Å²) in [4.78, 5) is 0.